The number of hydrogen-bond acceptors (Lipinski definition) is 2. The van der Waals surface area contributed by atoms with Gasteiger partial charge in [0.25, 0.3) is 0 Å². The van der Waals surface area contributed by atoms with Crippen LogP contribution in [0.5, 0.6) is 5.75 Å². The minimum absolute atomic E-state index is 0.150. The topological polar surface area (TPSA) is 29.5 Å². The van der Waals surface area contributed by atoms with Crippen LogP contribution in [0, 0.1) is 5.82 Å². The average Bonchev–Trinajstić information content (AvgIpc) is 2.26. The molecule has 1 atom stereocenters. The van der Waals surface area contributed by atoms with Gasteiger partial charge >= 0.3 is 0 Å². The van der Waals surface area contributed by atoms with Crippen LogP contribution in [0.3, 0.4) is 0 Å². The third-order valence-electron chi connectivity index (χ3n) is 2.18. The first-order valence-corrected chi connectivity index (χ1v) is 5.30. The zero-order chi connectivity index (χ0) is 11.3. The molecule has 4 heteroatoms. The molecule has 1 aromatic carbocycles. The Hall–Kier alpha value is -0.800. The molecular weight excluding hydrogens is 219 g/mol. The summed E-state index contributed by atoms with van der Waals surface area (Å²) in [7, 11) is 1.40. The molecule has 0 radical (unpaired) electrons. The summed E-state index contributed by atoms with van der Waals surface area (Å²) in [5, 5.41) is 9.70. The SMILES string of the molecule is COc1cccc(C(O)CCCCl)c1F. The van der Waals surface area contributed by atoms with Gasteiger partial charge in [-0.3, -0.25) is 0 Å². The molecule has 1 aromatic rings. The number of methoxy groups -OCH3 is 1. The van der Waals surface area contributed by atoms with Crippen LogP contribution in [-0.2, 0) is 0 Å². The first-order valence-electron chi connectivity index (χ1n) is 4.77. The van der Waals surface area contributed by atoms with Gasteiger partial charge in [0.2, 0.25) is 0 Å². The molecular formula is C11H14ClFO2. The highest BCUT2D eigenvalue weighted by Crippen LogP contribution is 2.27. The molecule has 0 saturated carbocycles. The second-order valence-corrected chi connectivity index (χ2v) is 3.59. The van der Waals surface area contributed by atoms with Gasteiger partial charge in [-0.2, -0.15) is 0 Å². The number of aliphatic hydroxyl groups is 1. The molecule has 84 valence electrons. The van der Waals surface area contributed by atoms with Crippen LogP contribution >= 0.6 is 11.6 Å². The molecule has 1 unspecified atom stereocenters. The highest BCUT2D eigenvalue weighted by Gasteiger charge is 2.15. The van der Waals surface area contributed by atoms with E-state index in [-0.39, 0.29) is 11.3 Å². The van der Waals surface area contributed by atoms with E-state index in [1.165, 1.54) is 13.2 Å². The van der Waals surface area contributed by atoms with E-state index in [9.17, 15) is 9.50 Å². The van der Waals surface area contributed by atoms with Crippen molar-refractivity contribution in [3.8, 4) is 5.75 Å². The fourth-order valence-corrected chi connectivity index (χ4v) is 1.52. The predicted octanol–water partition coefficient (Wildman–Crippen LogP) is 2.89. The summed E-state index contributed by atoms with van der Waals surface area (Å²) in [5.41, 5.74) is 0.263. The smallest absolute Gasteiger partial charge is 0.170 e. The van der Waals surface area contributed by atoms with Crippen molar-refractivity contribution in [3.63, 3.8) is 0 Å². The third-order valence-corrected chi connectivity index (χ3v) is 2.45. The number of alkyl halides is 1. The Morgan fingerprint density at radius 2 is 2.27 bits per heavy atom. The lowest BCUT2D eigenvalue weighted by Crippen LogP contribution is -2.02. The number of benzene rings is 1. The van der Waals surface area contributed by atoms with Crippen molar-refractivity contribution in [1.29, 1.82) is 0 Å². The summed E-state index contributed by atoms with van der Waals surface area (Å²) in [6, 6.07) is 4.73. The van der Waals surface area contributed by atoms with Crippen LogP contribution < -0.4 is 4.74 Å². The van der Waals surface area contributed by atoms with Crippen molar-refractivity contribution >= 4 is 11.6 Å². The summed E-state index contributed by atoms with van der Waals surface area (Å²) in [4.78, 5) is 0. The Balaban J connectivity index is 2.83. The molecule has 0 aliphatic carbocycles. The first kappa shape index (κ1) is 12.3. The van der Waals surface area contributed by atoms with E-state index >= 15 is 0 Å². The quantitative estimate of drug-likeness (QED) is 0.791. The number of aliphatic hydroxyl groups excluding tert-OH is 1. The molecule has 1 rings (SSSR count). The molecule has 0 bridgehead atoms. The van der Waals surface area contributed by atoms with Crippen LogP contribution in [-0.4, -0.2) is 18.1 Å². The Morgan fingerprint density at radius 1 is 1.53 bits per heavy atom. The van der Waals surface area contributed by atoms with Crippen molar-refractivity contribution in [2.45, 2.75) is 18.9 Å². The second-order valence-electron chi connectivity index (χ2n) is 3.21. The van der Waals surface area contributed by atoms with Gasteiger partial charge in [-0.25, -0.2) is 4.39 Å². The van der Waals surface area contributed by atoms with Crippen LogP contribution in [0.4, 0.5) is 4.39 Å². The summed E-state index contributed by atoms with van der Waals surface area (Å²) in [5.74, 6) is 0.113. The van der Waals surface area contributed by atoms with Crippen molar-refractivity contribution in [3.05, 3.63) is 29.6 Å². The summed E-state index contributed by atoms with van der Waals surface area (Å²) in [6.45, 7) is 0. The van der Waals surface area contributed by atoms with Gasteiger partial charge in [0, 0.05) is 11.4 Å². The number of halogens is 2. The van der Waals surface area contributed by atoms with Gasteiger partial charge in [0.05, 0.1) is 13.2 Å². The van der Waals surface area contributed by atoms with E-state index in [1.54, 1.807) is 12.1 Å². The maximum atomic E-state index is 13.6. The standard InChI is InChI=1S/C11H14ClFO2/c1-15-10-6-2-4-8(11(10)13)9(14)5-3-7-12/h2,4,6,9,14H,3,5,7H2,1H3. The van der Waals surface area contributed by atoms with E-state index < -0.39 is 11.9 Å². The predicted molar refractivity (Wildman–Crippen MR) is 57.9 cm³/mol. The van der Waals surface area contributed by atoms with E-state index in [4.69, 9.17) is 16.3 Å². The van der Waals surface area contributed by atoms with Crippen molar-refractivity contribution in [2.24, 2.45) is 0 Å². The van der Waals surface area contributed by atoms with E-state index in [0.29, 0.717) is 18.7 Å². The molecule has 0 spiro atoms. The molecule has 0 amide bonds. The molecule has 0 aliphatic rings. The van der Waals surface area contributed by atoms with E-state index in [2.05, 4.69) is 0 Å². The van der Waals surface area contributed by atoms with Crippen molar-refractivity contribution < 1.29 is 14.2 Å². The molecule has 0 aliphatic heterocycles. The van der Waals surface area contributed by atoms with Gasteiger partial charge < -0.3 is 9.84 Å². The fraction of sp³-hybridized carbons (Fsp3) is 0.455. The Labute approximate surface area is 93.6 Å². The van der Waals surface area contributed by atoms with Gasteiger partial charge in [-0.15, -0.1) is 11.6 Å². The fourth-order valence-electron chi connectivity index (χ4n) is 1.37. The van der Waals surface area contributed by atoms with Crippen LogP contribution in [0.15, 0.2) is 18.2 Å². The zero-order valence-corrected chi connectivity index (χ0v) is 9.30. The van der Waals surface area contributed by atoms with Gasteiger partial charge in [-0.05, 0) is 18.9 Å². The molecule has 0 aromatic heterocycles. The minimum atomic E-state index is -0.821. The van der Waals surface area contributed by atoms with Crippen LogP contribution in [0.2, 0.25) is 0 Å². The zero-order valence-electron chi connectivity index (χ0n) is 8.54. The molecule has 0 saturated heterocycles. The normalized spacial score (nSPS) is 12.5. The summed E-state index contributed by atoms with van der Waals surface area (Å²) in [6.07, 6.45) is 0.284. The molecule has 0 heterocycles. The number of ether oxygens (including phenoxy) is 1. The molecule has 0 fully saturated rings. The Bertz CT molecular complexity index is 317. The first-order chi connectivity index (χ1) is 7.20. The van der Waals surface area contributed by atoms with Gasteiger partial charge in [0.15, 0.2) is 11.6 Å². The largest absolute Gasteiger partial charge is 0.494 e. The maximum absolute atomic E-state index is 13.6. The Kier molecular flexibility index (Phi) is 4.85. The highest BCUT2D eigenvalue weighted by atomic mass is 35.5. The molecule has 2 nitrogen and oxygen atoms in total. The van der Waals surface area contributed by atoms with Gasteiger partial charge in [-0.1, -0.05) is 12.1 Å². The van der Waals surface area contributed by atoms with E-state index in [1.807, 2.05) is 0 Å². The van der Waals surface area contributed by atoms with Gasteiger partial charge in [0.1, 0.15) is 0 Å². The van der Waals surface area contributed by atoms with Crippen LogP contribution in [0.25, 0.3) is 0 Å². The van der Waals surface area contributed by atoms with Crippen molar-refractivity contribution in [2.75, 3.05) is 13.0 Å². The second kappa shape index (κ2) is 5.93. The monoisotopic (exact) mass is 232 g/mol. The van der Waals surface area contributed by atoms with Crippen LogP contribution in [0.1, 0.15) is 24.5 Å². The summed E-state index contributed by atoms with van der Waals surface area (Å²) >= 11 is 5.50. The summed E-state index contributed by atoms with van der Waals surface area (Å²) < 4.78 is 18.5. The van der Waals surface area contributed by atoms with Crippen molar-refractivity contribution in [1.82, 2.24) is 0 Å². The average molecular weight is 233 g/mol. The molecule has 1 N–H and O–H groups in total. The number of hydrogen-bond donors (Lipinski definition) is 1. The number of rotatable bonds is 5. The lowest BCUT2D eigenvalue weighted by atomic mass is 10.0. The maximum Gasteiger partial charge on any atom is 0.170 e. The lowest BCUT2D eigenvalue weighted by Gasteiger charge is -2.12. The highest BCUT2D eigenvalue weighted by molar-refractivity contribution is 6.17. The molecule has 15 heavy (non-hydrogen) atoms. The third kappa shape index (κ3) is 3.08. The minimum Gasteiger partial charge on any atom is -0.494 e. The Morgan fingerprint density at radius 3 is 2.87 bits per heavy atom. The lowest BCUT2D eigenvalue weighted by molar-refractivity contribution is 0.161. The van der Waals surface area contributed by atoms with E-state index in [0.717, 1.165) is 0 Å².